The summed E-state index contributed by atoms with van der Waals surface area (Å²) in [5.41, 5.74) is 1.77. The third-order valence-electron chi connectivity index (χ3n) is 3.46. The Balaban J connectivity index is 1.65. The van der Waals surface area contributed by atoms with Crippen LogP contribution in [0.15, 0.2) is 18.2 Å². The highest BCUT2D eigenvalue weighted by Gasteiger charge is 2.10. The Kier molecular flexibility index (Phi) is 6.45. The molecular formula is C15H22ClN3O2. The molecule has 2 rings (SSSR count). The minimum Gasteiger partial charge on any atom is -0.379 e. The lowest BCUT2D eigenvalue weighted by atomic mass is 10.2. The molecule has 0 saturated carbocycles. The van der Waals surface area contributed by atoms with Gasteiger partial charge in [-0.05, 0) is 30.7 Å². The van der Waals surface area contributed by atoms with E-state index in [0.717, 1.165) is 50.6 Å². The van der Waals surface area contributed by atoms with E-state index in [1.165, 1.54) is 0 Å². The molecule has 1 aliphatic heterocycles. The summed E-state index contributed by atoms with van der Waals surface area (Å²) in [7, 11) is 0. The SMILES string of the molecule is Cc1cc(Cl)ccc1NC(=O)CNCCN1CCOCC1. The van der Waals surface area contributed by atoms with Gasteiger partial charge in [0.1, 0.15) is 0 Å². The molecule has 1 aromatic carbocycles. The third-order valence-corrected chi connectivity index (χ3v) is 3.69. The van der Waals surface area contributed by atoms with E-state index in [-0.39, 0.29) is 5.91 Å². The van der Waals surface area contributed by atoms with Crippen LogP contribution in [0.1, 0.15) is 5.56 Å². The molecule has 1 aliphatic rings. The Morgan fingerprint density at radius 1 is 1.38 bits per heavy atom. The third kappa shape index (κ3) is 5.63. The van der Waals surface area contributed by atoms with Gasteiger partial charge < -0.3 is 15.4 Å². The number of benzene rings is 1. The molecule has 2 N–H and O–H groups in total. The van der Waals surface area contributed by atoms with Crippen molar-refractivity contribution in [3.05, 3.63) is 28.8 Å². The number of aryl methyl sites for hydroxylation is 1. The van der Waals surface area contributed by atoms with Crippen LogP contribution in [-0.4, -0.2) is 56.7 Å². The lowest BCUT2D eigenvalue weighted by molar-refractivity contribution is -0.115. The van der Waals surface area contributed by atoms with Crippen molar-refractivity contribution in [2.75, 3.05) is 51.3 Å². The molecule has 1 saturated heterocycles. The second kappa shape index (κ2) is 8.34. The van der Waals surface area contributed by atoms with Crippen molar-refractivity contribution in [1.29, 1.82) is 0 Å². The summed E-state index contributed by atoms with van der Waals surface area (Å²) in [5.74, 6) is -0.0394. The first-order valence-electron chi connectivity index (χ1n) is 7.22. The zero-order valence-electron chi connectivity index (χ0n) is 12.3. The van der Waals surface area contributed by atoms with Crippen molar-refractivity contribution < 1.29 is 9.53 Å². The van der Waals surface area contributed by atoms with Crippen LogP contribution in [0.2, 0.25) is 5.02 Å². The van der Waals surface area contributed by atoms with Gasteiger partial charge in [-0.15, -0.1) is 0 Å². The average Bonchev–Trinajstić information content (AvgIpc) is 2.48. The van der Waals surface area contributed by atoms with Gasteiger partial charge in [-0.25, -0.2) is 0 Å². The molecule has 5 nitrogen and oxygen atoms in total. The maximum absolute atomic E-state index is 11.9. The molecule has 0 bridgehead atoms. The van der Waals surface area contributed by atoms with Crippen LogP contribution in [0, 0.1) is 6.92 Å². The second-order valence-corrected chi connectivity index (χ2v) is 5.57. The first kappa shape index (κ1) is 16.2. The Bertz CT molecular complexity index is 476. The van der Waals surface area contributed by atoms with Crippen molar-refractivity contribution in [2.45, 2.75) is 6.92 Å². The standard InChI is InChI=1S/C15H22ClN3O2/c1-12-10-13(16)2-3-14(12)18-15(20)11-17-4-5-19-6-8-21-9-7-19/h2-3,10,17H,4-9,11H2,1H3,(H,18,20). The van der Waals surface area contributed by atoms with Gasteiger partial charge in [0.05, 0.1) is 19.8 Å². The number of hydrogen-bond donors (Lipinski definition) is 2. The van der Waals surface area contributed by atoms with Gasteiger partial charge in [-0.2, -0.15) is 0 Å². The zero-order valence-corrected chi connectivity index (χ0v) is 13.1. The Morgan fingerprint density at radius 3 is 2.86 bits per heavy atom. The molecule has 1 amide bonds. The van der Waals surface area contributed by atoms with Gasteiger partial charge >= 0.3 is 0 Å². The fourth-order valence-corrected chi connectivity index (χ4v) is 2.45. The van der Waals surface area contributed by atoms with Gasteiger partial charge in [-0.1, -0.05) is 11.6 Å². The molecule has 0 aromatic heterocycles. The number of nitrogens with zero attached hydrogens (tertiary/aromatic N) is 1. The molecule has 1 aromatic rings. The molecule has 0 spiro atoms. The molecule has 1 fully saturated rings. The number of nitrogens with one attached hydrogen (secondary N) is 2. The minimum absolute atomic E-state index is 0.0394. The maximum Gasteiger partial charge on any atom is 0.238 e. The topological polar surface area (TPSA) is 53.6 Å². The molecule has 21 heavy (non-hydrogen) atoms. The smallest absolute Gasteiger partial charge is 0.238 e. The zero-order chi connectivity index (χ0) is 15.1. The van der Waals surface area contributed by atoms with Crippen molar-refractivity contribution in [3.8, 4) is 0 Å². The number of morpholine rings is 1. The fourth-order valence-electron chi connectivity index (χ4n) is 2.23. The van der Waals surface area contributed by atoms with Gasteiger partial charge in [0.15, 0.2) is 0 Å². The van der Waals surface area contributed by atoms with Crippen LogP contribution in [0.4, 0.5) is 5.69 Å². The quantitative estimate of drug-likeness (QED) is 0.782. The van der Waals surface area contributed by atoms with Crippen LogP contribution in [0.25, 0.3) is 0 Å². The van der Waals surface area contributed by atoms with Crippen LogP contribution in [-0.2, 0) is 9.53 Å². The predicted octanol–water partition coefficient (Wildman–Crippen LogP) is 1.51. The molecule has 6 heteroatoms. The molecular weight excluding hydrogens is 290 g/mol. The maximum atomic E-state index is 11.9. The number of carbonyl (C=O) groups excluding carboxylic acids is 1. The van der Waals surface area contributed by atoms with Crippen LogP contribution in [0.5, 0.6) is 0 Å². The molecule has 1 heterocycles. The highest BCUT2D eigenvalue weighted by Crippen LogP contribution is 2.19. The van der Waals surface area contributed by atoms with Crippen LogP contribution in [0.3, 0.4) is 0 Å². The molecule has 0 aliphatic carbocycles. The largest absolute Gasteiger partial charge is 0.379 e. The summed E-state index contributed by atoms with van der Waals surface area (Å²) in [4.78, 5) is 14.2. The average molecular weight is 312 g/mol. The lowest BCUT2D eigenvalue weighted by Gasteiger charge is -2.26. The number of ether oxygens (including phenoxy) is 1. The van der Waals surface area contributed by atoms with Gasteiger partial charge in [0.2, 0.25) is 5.91 Å². The summed E-state index contributed by atoms with van der Waals surface area (Å²) < 4.78 is 5.29. The van der Waals surface area contributed by atoms with Gasteiger partial charge in [0, 0.05) is 36.9 Å². The molecule has 0 atom stereocenters. The number of amides is 1. The van der Waals surface area contributed by atoms with E-state index in [9.17, 15) is 4.79 Å². The number of carbonyl (C=O) groups is 1. The molecule has 0 radical (unpaired) electrons. The highest BCUT2D eigenvalue weighted by molar-refractivity contribution is 6.30. The normalized spacial score (nSPS) is 15.9. The van der Waals surface area contributed by atoms with E-state index in [0.29, 0.717) is 11.6 Å². The van der Waals surface area contributed by atoms with Gasteiger partial charge in [-0.3, -0.25) is 9.69 Å². The summed E-state index contributed by atoms with van der Waals surface area (Å²) >= 11 is 5.89. The summed E-state index contributed by atoms with van der Waals surface area (Å²) in [5, 5.41) is 6.72. The van der Waals surface area contributed by atoms with Crippen molar-refractivity contribution in [3.63, 3.8) is 0 Å². The van der Waals surface area contributed by atoms with E-state index in [2.05, 4.69) is 15.5 Å². The fraction of sp³-hybridized carbons (Fsp3) is 0.533. The number of anilines is 1. The van der Waals surface area contributed by atoms with Crippen molar-refractivity contribution >= 4 is 23.2 Å². The van der Waals surface area contributed by atoms with E-state index >= 15 is 0 Å². The van der Waals surface area contributed by atoms with Crippen molar-refractivity contribution in [2.24, 2.45) is 0 Å². The van der Waals surface area contributed by atoms with Gasteiger partial charge in [0.25, 0.3) is 0 Å². The minimum atomic E-state index is -0.0394. The van der Waals surface area contributed by atoms with Crippen molar-refractivity contribution in [1.82, 2.24) is 10.2 Å². The Hall–Kier alpha value is -1.14. The summed E-state index contributed by atoms with van der Waals surface area (Å²) in [6.07, 6.45) is 0. The molecule has 0 unspecified atom stereocenters. The Morgan fingerprint density at radius 2 is 2.14 bits per heavy atom. The lowest BCUT2D eigenvalue weighted by Crippen LogP contribution is -2.41. The van der Waals surface area contributed by atoms with E-state index in [1.54, 1.807) is 6.07 Å². The van der Waals surface area contributed by atoms with E-state index < -0.39 is 0 Å². The number of hydrogen-bond acceptors (Lipinski definition) is 4. The van der Waals surface area contributed by atoms with E-state index in [1.807, 2.05) is 19.1 Å². The van der Waals surface area contributed by atoms with Crippen LogP contribution >= 0.6 is 11.6 Å². The first-order valence-corrected chi connectivity index (χ1v) is 7.60. The number of rotatable bonds is 6. The number of halogens is 1. The predicted molar refractivity (Wildman–Crippen MR) is 84.9 cm³/mol. The second-order valence-electron chi connectivity index (χ2n) is 5.14. The van der Waals surface area contributed by atoms with E-state index in [4.69, 9.17) is 16.3 Å². The van der Waals surface area contributed by atoms with Crippen LogP contribution < -0.4 is 10.6 Å². The molecule has 116 valence electrons. The Labute approximate surface area is 130 Å². The monoisotopic (exact) mass is 311 g/mol. The highest BCUT2D eigenvalue weighted by atomic mass is 35.5. The summed E-state index contributed by atoms with van der Waals surface area (Å²) in [6, 6.07) is 5.43. The first-order chi connectivity index (χ1) is 10.1. The summed E-state index contributed by atoms with van der Waals surface area (Å²) in [6.45, 7) is 7.52.